The number of aromatic nitrogens is 1. The standard InChI is InChI=1S/C20H22N4O5/c1-2-15-3-5-16(6-4-15)20(27)22-11-9-21(10-12-22)19(26)14-23-13-17(24(28)29)7-8-18(23)25/h3-8,13H,2,9-12,14H2,1H3. The van der Waals surface area contributed by atoms with Gasteiger partial charge in [-0.25, -0.2) is 0 Å². The zero-order valence-electron chi connectivity index (χ0n) is 16.1. The molecule has 152 valence electrons. The number of hydrogen-bond donors (Lipinski definition) is 0. The fourth-order valence-corrected chi connectivity index (χ4v) is 3.22. The minimum atomic E-state index is -0.613. The molecular formula is C20H22N4O5. The van der Waals surface area contributed by atoms with Gasteiger partial charge in [0, 0.05) is 43.9 Å². The van der Waals surface area contributed by atoms with Crippen molar-refractivity contribution in [2.45, 2.75) is 19.9 Å². The van der Waals surface area contributed by atoms with Gasteiger partial charge in [0.2, 0.25) is 5.91 Å². The Bertz CT molecular complexity index is 975. The molecule has 0 radical (unpaired) electrons. The van der Waals surface area contributed by atoms with E-state index < -0.39 is 10.5 Å². The van der Waals surface area contributed by atoms with Crippen LogP contribution in [0.25, 0.3) is 0 Å². The smallest absolute Gasteiger partial charge is 0.285 e. The second kappa shape index (κ2) is 8.68. The predicted octanol–water partition coefficient (Wildman–Crippen LogP) is 1.30. The molecule has 9 nitrogen and oxygen atoms in total. The van der Waals surface area contributed by atoms with Crippen molar-refractivity contribution in [1.29, 1.82) is 0 Å². The number of carbonyl (C=O) groups is 2. The van der Waals surface area contributed by atoms with Crippen molar-refractivity contribution >= 4 is 17.5 Å². The number of aryl methyl sites for hydroxylation is 1. The zero-order chi connectivity index (χ0) is 21.0. The highest BCUT2D eigenvalue weighted by molar-refractivity contribution is 5.94. The Morgan fingerprint density at radius 2 is 1.62 bits per heavy atom. The van der Waals surface area contributed by atoms with Crippen molar-refractivity contribution in [2.24, 2.45) is 0 Å². The first kappa shape index (κ1) is 20.2. The van der Waals surface area contributed by atoms with Crippen LogP contribution in [0.15, 0.2) is 47.4 Å². The molecule has 29 heavy (non-hydrogen) atoms. The van der Waals surface area contributed by atoms with E-state index in [2.05, 4.69) is 6.92 Å². The molecule has 9 heteroatoms. The van der Waals surface area contributed by atoms with Crippen molar-refractivity contribution < 1.29 is 14.5 Å². The molecule has 0 atom stereocenters. The van der Waals surface area contributed by atoms with Gasteiger partial charge in [0.05, 0.1) is 11.1 Å². The summed E-state index contributed by atoms with van der Waals surface area (Å²) < 4.78 is 1.03. The van der Waals surface area contributed by atoms with Gasteiger partial charge in [0.1, 0.15) is 6.54 Å². The summed E-state index contributed by atoms with van der Waals surface area (Å²) in [6, 6.07) is 9.68. The summed E-state index contributed by atoms with van der Waals surface area (Å²) in [6.07, 6.45) is 1.98. The van der Waals surface area contributed by atoms with Gasteiger partial charge in [-0.15, -0.1) is 0 Å². The van der Waals surface area contributed by atoms with Gasteiger partial charge in [-0.05, 0) is 24.1 Å². The Labute approximate surface area is 167 Å². The van der Waals surface area contributed by atoms with E-state index in [0.717, 1.165) is 34.9 Å². The summed E-state index contributed by atoms with van der Waals surface area (Å²) >= 11 is 0. The highest BCUT2D eigenvalue weighted by Gasteiger charge is 2.25. The van der Waals surface area contributed by atoms with Crippen LogP contribution in [0.2, 0.25) is 0 Å². The topological polar surface area (TPSA) is 106 Å². The second-order valence-corrected chi connectivity index (χ2v) is 6.83. The van der Waals surface area contributed by atoms with E-state index >= 15 is 0 Å². The average Bonchev–Trinajstić information content (AvgIpc) is 2.74. The van der Waals surface area contributed by atoms with Gasteiger partial charge in [0.25, 0.3) is 17.2 Å². The molecule has 1 aromatic heterocycles. The molecule has 2 amide bonds. The van der Waals surface area contributed by atoms with Crippen LogP contribution >= 0.6 is 0 Å². The van der Waals surface area contributed by atoms with Crippen LogP contribution < -0.4 is 5.56 Å². The summed E-state index contributed by atoms with van der Waals surface area (Å²) in [5, 5.41) is 10.9. The van der Waals surface area contributed by atoms with Crippen LogP contribution in [0.1, 0.15) is 22.8 Å². The Balaban J connectivity index is 1.59. The molecule has 0 unspecified atom stereocenters. The molecule has 1 aromatic carbocycles. The van der Waals surface area contributed by atoms with Crippen LogP contribution in [0.3, 0.4) is 0 Å². The van der Waals surface area contributed by atoms with Crippen LogP contribution in [0, 0.1) is 10.1 Å². The summed E-state index contributed by atoms with van der Waals surface area (Å²) in [6.45, 7) is 3.26. The molecule has 0 bridgehead atoms. The summed E-state index contributed by atoms with van der Waals surface area (Å²) in [4.78, 5) is 50.5. The summed E-state index contributed by atoms with van der Waals surface area (Å²) in [5.74, 6) is -0.387. The Hall–Kier alpha value is -3.49. The molecule has 1 aliphatic heterocycles. The van der Waals surface area contributed by atoms with E-state index in [1.165, 1.54) is 0 Å². The summed E-state index contributed by atoms with van der Waals surface area (Å²) in [7, 11) is 0. The number of nitro groups is 1. The molecule has 2 aromatic rings. The SMILES string of the molecule is CCc1ccc(C(=O)N2CCN(C(=O)Cn3cc([N+](=O)[O-])ccc3=O)CC2)cc1. The molecule has 1 aliphatic rings. The van der Waals surface area contributed by atoms with E-state index in [9.17, 15) is 24.5 Å². The van der Waals surface area contributed by atoms with Crippen molar-refractivity contribution in [3.8, 4) is 0 Å². The number of amides is 2. The monoisotopic (exact) mass is 398 g/mol. The Kier molecular flexibility index (Phi) is 6.06. The largest absolute Gasteiger partial charge is 0.338 e. The van der Waals surface area contributed by atoms with Crippen LogP contribution in [0.4, 0.5) is 5.69 Å². The number of hydrogen-bond acceptors (Lipinski definition) is 5. The Morgan fingerprint density at radius 3 is 2.21 bits per heavy atom. The molecule has 0 saturated carbocycles. The highest BCUT2D eigenvalue weighted by Crippen LogP contribution is 2.12. The fraction of sp³-hybridized carbons (Fsp3) is 0.350. The van der Waals surface area contributed by atoms with E-state index in [1.807, 2.05) is 24.3 Å². The maximum atomic E-state index is 12.6. The number of piperazine rings is 1. The van der Waals surface area contributed by atoms with Crippen molar-refractivity contribution in [3.05, 3.63) is 74.2 Å². The molecular weight excluding hydrogens is 376 g/mol. The molecule has 1 fully saturated rings. The first-order valence-electron chi connectivity index (χ1n) is 9.40. The summed E-state index contributed by atoms with van der Waals surface area (Å²) in [5.41, 5.74) is 1.05. The van der Waals surface area contributed by atoms with Crippen LogP contribution in [-0.4, -0.2) is 57.3 Å². The molecule has 0 N–H and O–H groups in total. The number of carbonyl (C=O) groups excluding carboxylic acids is 2. The molecule has 0 aliphatic carbocycles. The van der Waals surface area contributed by atoms with Gasteiger partial charge in [-0.2, -0.15) is 0 Å². The van der Waals surface area contributed by atoms with Gasteiger partial charge in [-0.3, -0.25) is 29.1 Å². The number of rotatable bonds is 5. The molecule has 0 spiro atoms. The third kappa shape index (κ3) is 4.68. The number of pyridine rings is 1. The van der Waals surface area contributed by atoms with Gasteiger partial charge in [-0.1, -0.05) is 19.1 Å². The minimum Gasteiger partial charge on any atom is -0.338 e. The normalized spacial score (nSPS) is 14.0. The highest BCUT2D eigenvalue weighted by atomic mass is 16.6. The maximum absolute atomic E-state index is 12.6. The third-order valence-electron chi connectivity index (χ3n) is 5.01. The quantitative estimate of drug-likeness (QED) is 0.558. The molecule has 3 rings (SSSR count). The molecule has 2 heterocycles. The maximum Gasteiger partial charge on any atom is 0.285 e. The lowest BCUT2D eigenvalue weighted by molar-refractivity contribution is -0.385. The lowest BCUT2D eigenvalue weighted by Crippen LogP contribution is -2.51. The van der Waals surface area contributed by atoms with Gasteiger partial charge in [0.15, 0.2) is 0 Å². The van der Waals surface area contributed by atoms with Crippen molar-refractivity contribution in [1.82, 2.24) is 14.4 Å². The third-order valence-corrected chi connectivity index (χ3v) is 5.01. The van der Waals surface area contributed by atoms with Crippen LogP contribution in [-0.2, 0) is 17.8 Å². The fourth-order valence-electron chi connectivity index (χ4n) is 3.22. The van der Waals surface area contributed by atoms with E-state index in [-0.39, 0.29) is 24.0 Å². The number of benzene rings is 1. The van der Waals surface area contributed by atoms with E-state index in [4.69, 9.17) is 0 Å². The second-order valence-electron chi connectivity index (χ2n) is 6.83. The van der Waals surface area contributed by atoms with Gasteiger partial charge >= 0.3 is 0 Å². The van der Waals surface area contributed by atoms with Gasteiger partial charge < -0.3 is 9.80 Å². The van der Waals surface area contributed by atoms with E-state index in [1.54, 1.807) is 9.80 Å². The predicted molar refractivity (Wildman–Crippen MR) is 106 cm³/mol. The number of nitrogens with zero attached hydrogens (tertiary/aromatic N) is 4. The molecule has 1 saturated heterocycles. The minimum absolute atomic E-state index is 0.0744. The average molecular weight is 398 g/mol. The zero-order valence-corrected chi connectivity index (χ0v) is 16.1. The van der Waals surface area contributed by atoms with Crippen LogP contribution in [0.5, 0.6) is 0 Å². The lowest BCUT2D eigenvalue weighted by Gasteiger charge is -2.35. The van der Waals surface area contributed by atoms with Crippen molar-refractivity contribution in [3.63, 3.8) is 0 Å². The Morgan fingerprint density at radius 1 is 1.00 bits per heavy atom. The lowest BCUT2D eigenvalue weighted by atomic mass is 10.1. The van der Waals surface area contributed by atoms with Crippen molar-refractivity contribution in [2.75, 3.05) is 26.2 Å². The first-order chi connectivity index (χ1) is 13.9. The first-order valence-corrected chi connectivity index (χ1v) is 9.40. The van der Waals surface area contributed by atoms with E-state index in [0.29, 0.717) is 31.7 Å².